The summed E-state index contributed by atoms with van der Waals surface area (Å²) >= 11 is 0. The zero-order valence-electron chi connectivity index (χ0n) is 25.1. The molecule has 5 aromatic rings. The van der Waals surface area contributed by atoms with Crippen LogP contribution in [0, 0.1) is 6.92 Å². The monoisotopic (exact) mass is 575 g/mol. The minimum Gasteiger partial charge on any atom is -0.379 e. The molecule has 0 spiro atoms. The van der Waals surface area contributed by atoms with Crippen LogP contribution >= 0.6 is 0 Å². The summed E-state index contributed by atoms with van der Waals surface area (Å²) in [6.45, 7) is 12.5. The van der Waals surface area contributed by atoms with E-state index < -0.39 is 0 Å². The zero-order valence-corrected chi connectivity index (χ0v) is 25.1. The van der Waals surface area contributed by atoms with Gasteiger partial charge in [-0.1, -0.05) is 75.4 Å². The lowest BCUT2D eigenvalue weighted by molar-refractivity contribution is 0.0342. The van der Waals surface area contributed by atoms with Crippen molar-refractivity contribution in [3.05, 3.63) is 96.2 Å². The molecule has 0 aliphatic carbocycles. The first-order chi connectivity index (χ1) is 20.7. The summed E-state index contributed by atoms with van der Waals surface area (Å²) in [5.74, 6) is 1.20. The lowest BCUT2D eigenvalue weighted by atomic mass is 9.92. The number of rotatable bonds is 6. The van der Waals surface area contributed by atoms with Gasteiger partial charge in [0.1, 0.15) is 17.3 Å². The van der Waals surface area contributed by atoms with Gasteiger partial charge in [-0.3, -0.25) is 10.2 Å². The van der Waals surface area contributed by atoms with Crippen LogP contribution in [0.15, 0.2) is 79.1 Å². The van der Waals surface area contributed by atoms with Crippen molar-refractivity contribution in [2.24, 2.45) is 0 Å². The minimum atomic E-state index is -0.361. The molecule has 3 aromatic carbocycles. The molecule has 1 aliphatic rings. The minimum absolute atomic E-state index is 0.212. The van der Waals surface area contributed by atoms with E-state index in [4.69, 9.17) is 9.84 Å². The molecule has 1 aliphatic heterocycles. The number of aromatic nitrogens is 4. The van der Waals surface area contributed by atoms with Gasteiger partial charge in [0.25, 0.3) is 0 Å². The third kappa shape index (κ3) is 6.43. The molecule has 43 heavy (non-hydrogen) atoms. The van der Waals surface area contributed by atoms with Crippen LogP contribution in [0.3, 0.4) is 0 Å². The van der Waals surface area contributed by atoms with Crippen molar-refractivity contribution >= 4 is 28.3 Å². The first kappa shape index (κ1) is 28.5. The zero-order chi connectivity index (χ0) is 30.0. The maximum Gasteiger partial charge on any atom is 0.324 e. The molecule has 0 bridgehead atoms. The Morgan fingerprint density at radius 3 is 2.30 bits per heavy atom. The molecule has 220 valence electrons. The van der Waals surface area contributed by atoms with Crippen LogP contribution in [0.4, 0.5) is 16.3 Å². The second-order valence-electron chi connectivity index (χ2n) is 11.9. The number of fused-ring (bicyclic) bond motifs is 1. The lowest BCUT2D eigenvalue weighted by Gasteiger charge is -2.26. The fourth-order valence-corrected chi connectivity index (χ4v) is 5.27. The fourth-order valence-electron chi connectivity index (χ4n) is 5.27. The summed E-state index contributed by atoms with van der Waals surface area (Å²) in [6, 6.07) is 22.5. The number of nitrogens with zero attached hydrogens (tertiary/aromatic N) is 5. The highest BCUT2D eigenvalue weighted by molar-refractivity contribution is 6.09. The van der Waals surface area contributed by atoms with Gasteiger partial charge in [0.05, 0.1) is 37.0 Å². The number of amides is 2. The van der Waals surface area contributed by atoms with Crippen molar-refractivity contribution in [2.45, 2.75) is 39.7 Å². The van der Waals surface area contributed by atoms with Gasteiger partial charge in [0.15, 0.2) is 0 Å². The van der Waals surface area contributed by atoms with Crippen LogP contribution in [0.25, 0.3) is 27.6 Å². The molecule has 0 atom stereocenters. The van der Waals surface area contributed by atoms with E-state index in [2.05, 4.69) is 82.7 Å². The number of hydrogen-bond acceptors (Lipinski definition) is 6. The molecule has 0 saturated carbocycles. The molecular weight excluding hydrogens is 538 g/mol. The number of hydrogen-bond donors (Lipinski definition) is 2. The van der Waals surface area contributed by atoms with E-state index in [0.717, 1.165) is 66.1 Å². The number of aryl methyl sites for hydroxylation is 1. The molecule has 0 radical (unpaired) electrons. The maximum atomic E-state index is 13.4. The molecule has 1 fully saturated rings. The van der Waals surface area contributed by atoms with E-state index in [1.165, 1.54) is 5.56 Å². The van der Waals surface area contributed by atoms with Crippen LogP contribution in [0.2, 0.25) is 0 Å². The number of benzene rings is 3. The summed E-state index contributed by atoms with van der Waals surface area (Å²) in [5.41, 5.74) is 5.56. The first-order valence-corrected chi connectivity index (χ1v) is 14.6. The van der Waals surface area contributed by atoms with Gasteiger partial charge in [-0.15, -0.1) is 0 Å². The molecule has 3 heterocycles. The molecule has 2 amide bonds. The van der Waals surface area contributed by atoms with E-state index in [-0.39, 0.29) is 11.4 Å². The first-order valence-electron chi connectivity index (χ1n) is 14.6. The lowest BCUT2D eigenvalue weighted by Crippen LogP contribution is -2.35. The van der Waals surface area contributed by atoms with E-state index in [9.17, 15) is 4.79 Å². The number of carbonyl (C=O) groups excluding carboxylic acids is 1. The highest BCUT2D eigenvalue weighted by Crippen LogP contribution is 2.34. The van der Waals surface area contributed by atoms with E-state index in [1.807, 2.05) is 37.3 Å². The summed E-state index contributed by atoms with van der Waals surface area (Å²) in [4.78, 5) is 24.4. The number of nitrogens with one attached hydrogen (secondary N) is 2. The van der Waals surface area contributed by atoms with Crippen molar-refractivity contribution in [2.75, 3.05) is 36.9 Å². The smallest absolute Gasteiger partial charge is 0.324 e. The quantitative estimate of drug-likeness (QED) is 0.238. The third-order valence-electron chi connectivity index (χ3n) is 7.68. The summed E-state index contributed by atoms with van der Waals surface area (Å²) in [5, 5.41) is 12.9. The van der Waals surface area contributed by atoms with Crippen molar-refractivity contribution in [3.63, 3.8) is 0 Å². The topological polar surface area (TPSA) is 97.2 Å². The normalized spacial score (nSPS) is 14.1. The summed E-state index contributed by atoms with van der Waals surface area (Å²) in [6.07, 6.45) is 3.40. The van der Waals surface area contributed by atoms with Crippen molar-refractivity contribution in [1.29, 1.82) is 0 Å². The average molecular weight is 576 g/mol. The second-order valence-corrected chi connectivity index (χ2v) is 11.9. The summed E-state index contributed by atoms with van der Waals surface area (Å²) < 4.78 is 7.15. The Kier molecular flexibility index (Phi) is 7.92. The number of carbonyl (C=O) groups is 1. The van der Waals surface area contributed by atoms with Crippen LogP contribution in [-0.4, -0.2) is 57.0 Å². The van der Waals surface area contributed by atoms with Gasteiger partial charge in [0.2, 0.25) is 0 Å². The molecule has 6 rings (SSSR count). The highest BCUT2D eigenvalue weighted by atomic mass is 16.5. The SMILES string of the molecule is Cc1ncc(-n2nc(C(C)(C)C)cc2NC(=O)Nc2ccc(-c3ccc(CN4CCOCC4)cc3)c3ccccc23)cn1. The van der Waals surface area contributed by atoms with Crippen molar-refractivity contribution in [3.8, 4) is 16.8 Å². The van der Waals surface area contributed by atoms with Gasteiger partial charge >= 0.3 is 6.03 Å². The molecule has 0 unspecified atom stereocenters. The van der Waals surface area contributed by atoms with Crippen LogP contribution in [-0.2, 0) is 16.7 Å². The Balaban J connectivity index is 1.24. The van der Waals surface area contributed by atoms with E-state index in [1.54, 1.807) is 17.1 Å². The van der Waals surface area contributed by atoms with Gasteiger partial charge in [-0.2, -0.15) is 5.10 Å². The number of morpholine rings is 1. The standard InChI is InChI=1S/C34H37N7O2/c1-23-35-20-26(21-36-23)41-32(19-31(39-41)34(2,3)4)38-33(42)37-30-14-13-27(28-7-5-6-8-29(28)30)25-11-9-24(10-12-25)22-40-15-17-43-18-16-40/h5-14,19-21H,15-18,22H2,1-4H3,(H2,37,38,42). The third-order valence-corrected chi connectivity index (χ3v) is 7.68. The maximum absolute atomic E-state index is 13.4. The Morgan fingerprint density at radius 2 is 1.60 bits per heavy atom. The molecule has 1 saturated heterocycles. The fraction of sp³-hybridized carbons (Fsp3) is 0.294. The number of ether oxygens (including phenoxy) is 1. The second kappa shape index (κ2) is 11.9. The molecule has 9 heteroatoms. The Hall–Kier alpha value is -4.60. The Bertz CT molecular complexity index is 1730. The predicted octanol–water partition coefficient (Wildman–Crippen LogP) is 6.56. The highest BCUT2D eigenvalue weighted by Gasteiger charge is 2.22. The molecule has 2 aromatic heterocycles. The number of urea groups is 1. The number of anilines is 2. The van der Waals surface area contributed by atoms with Gasteiger partial charge in [-0.05, 0) is 35.1 Å². The van der Waals surface area contributed by atoms with Gasteiger partial charge in [-0.25, -0.2) is 19.4 Å². The van der Waals surface area contributed by atoms with Crippen LogP contribution < -0.4 is 10.6 Å². The van der Waals surface area contributed by atoms with Crippen molar-refractivity contribution < 1.29 is 9.53 Å². The van der Waals surface area contributed by atoms with Crippen LogP contribution in [0.5, 0.6) is 0 Å². The Morgan fingerprint density at radius 1 is 0.907 bits per heavy atom. The largest absolute Gasteiger partial charge is 0.379 e. The van der Waals surface area contributed by atoms with Gasteiger partial charge < -0.3 is 10.1 Å². The van der Waals surface area contributed by atoms with E-state index >= 15 is 0 Å². The molecule has 9 nitrogen and oxygen atoms in total. The summed E-state index contributed by atoms with van der Waals surface area (Å²) in [7, 11) is 0. The van der Waals surface area contributed by atoms with Crippen LogP contribution in [0.1, 0.15) is 37.9 Å². The van der Waals surface area contributed by atoms with E-state index in [0.29, 0.717) is 17.3 Å². The molecule has 2 N–H and O–H groups in total. The predicted molar refractivity (Wildman–Crippen MR) is 171 cm³/mol. The average Bonchev–Trinajstić information content (AvgIpc) is 3.43. The Labute approximate surface area is 251 Å². The van der Waals surface area contributed by atoms with Gasteiger partial charge in [0, 0.05) is 36.5 Å². The van der Waals surface area contributed by atoms with Crippen molar-refractivity contribution in [1.82, 2.24) is 24.6 Å². The molecular formula is C34H37N7O2.